The maximum Gasteiger partial charge on any atom is 0.0406 e. The van der Waals surface area contributed by atoms with Gasteiger partial charge in [0.1, 0.15) is 0 Å². The number of rotatable bonds is 6. The van der Waals surface area contributed by atoms with E-state index in [9.17, 15) is 0 Å². The molecule has 2 fully saturated rings. The van der Waals surface area contributed by atoms with Crippen LogP contribution in [0.2, 0.25) is 5.02 Å². The predicted molar refractivity (Wildman–Crippen MR) is 89.8 cm³/mol. The first-order chi connectivity index (χ1) is 10.2. The van der Waals surface area contributed by atoms with Gasteiger partial charge in [-0.2, -0.15) is 0 Å². The molecule has 1 atom stereocenters. The number of benzene rings is 1. The minimum atomic E-state index is 0.536. The second-order valence-corrected chi connectivity index (χ2v) is 7.29. The van der Waals surface area contributed by atoms with Crippen molar-refractivity contribution < 1.29 is 0 Å². The summed E-state index contributed by atoms with van der Waals surface area (Å²) in [5, 5.41) is 4.65. The van der Waals surface area contributed by atoms with Crippen LogP contribution < -0.4 is 5.32 Å². The Kier molecular flexibility index (Phi) is 5.20. The lowest BCUT2D eigenvalue weighted by molar-refractivity contribution is 0.210. The van der Waals surface area contributed by atoms with E-state index in [2.05, 4.69) is 29.4 Å². The number of hydrogen-bond donors (Lipinski definition) is 1. The van der Waals surface area contributed by atoms with Crippen molar-refractivity contribution in [2.24, 2.45) is 11.8 Å². The van der Waals surface area contributed by atoms with E-state index in [1.165, 1.54) is 50.8 Å². The van der Waals surface area contributed by atoms with Gasteiger partial charge in [-0.15, -0.1) is 0 Å². The highest BCUT2D eigenvalue weighted by molar-refractivity contribution is 6.30. The highest BCUT2D eigenvalue weighted by atomic mass is 35.5. The average Bonchev–Trinajstić information content (AvgIpc) is 3.31. The molecule has 0 spiro atoms. The first kappa shape index (κ1) is 15.3. The Morgan fingerprint density at radius 2 is 1.81 bits per heavy atom. The Hall–Kier alpha value is -0.570. The van der Waals surface area contributed by atoms with Crippen LogP contribution in [0.15, 0.2) is 24.3 Å². The molecule has 0 bridgehead atoms. The van der Waals surface area contributed by atoms with Crippen LogP contribution >= 0.6 is 11.6 Å². The highest BCUT2D eigenvalue weighted by Crippen LogP contribution is 2.41. The lowest BCUT2D eigenvalue weighted by Crippen LogP contribution is -2.32. The van der Waals surface area contributed by atoms with Crippen molar-refractivity contribution in [1.82, 2.24) is 10.2 Å². The van der Waals surface area contributed by atoms with E-state index in [1.807, 2.05) is 12.1 Å². The Morgan fingerprint density at radius 1 is 1.14 bits per heavy atom. The standard InChI is InChI=1S/C18H27ClN2/c1-21-12-9-14(10-13-21)8-11-20-18(15-2-3-15)16-4-6-17(19)7-5-16/h4-7,14-15,18,20H,2-3,8-13H2,1H3. The predicted octanol–water partition coefficient (Wildman–Crippen LogP) is 4.11. The fourth-order valence-electron chi connectivity index (χ4n) is 3.45. The van der Waals surface area contributed by atoms with Gasteiger partial charge in [-0.1, -0.05) is 23.7 Å². The summed E-state index contributed by atoms with van der Waals surface area (Å²) in [6.07, 6.45) is 6.80. The molecule has 1 saturated carbocycles. The minimum Gasteiger partial charge on any atom is -0.310 e. The topological polar surface area (TPSA) is 15.3 Å². The first-order valence-electron chi connectivity index (χ1n) is 8.40. The molecule has 1 aromatic carbocycles. The van der Waals surface area contributed by atoms with E-state index in [0.717, 1.165) is 23.4 Å². The molecule has 1 aliphatic carbocycles. The highest BCUT2D eigenvalue weighted by Gasteiger charge is 2.32. The van der Waals surface area contributed by atoms with Gasteiger partial charge in [0.05, 0.1) is 0 Å². The van der Waals surface area contributed by atoms with Crippen LogP contribution in [0.1, 0.15) is 43.7 Å². The summed E-state index contributed by atoms with van der Waals surface area (Å²) in [6.45, 7) is 3.69. The van der Waals surface area contributed by atoms with Crippen molar-refractivity contribution in [3.8, 4) is 0 Å². The zero-order valence-electron chi connectivity index (χ0n) is 13.0. The molecule has 1 N–H and O–H groups in total. The Morgan fingerprint density at radius 3 is 2.43 bits per heavy atom. The molecule has 1 heterocycles. The van der Waals surface area contributed by atoms with Crippen LogP contribution in [0.25, 0.3) is 0 Å². The molecule has 3 heteroatoms. The summed E-state index contributed by atoms with van der Waals surface area (Å²) in [5.74, 6) is 1.75. The normalized spacial score (nSPS) is 22.4. The smallest absolute Gasteiger partial charge is 0.0406 e. The second-order valence-electron chi connectivity index (χ2n) is 6.86. The van der Waals surface area contributed by atoms with Crippen molar-refractivity contribution in [3.63, 3.8) is 0 Å². The van der Waals surface area contributed by atoms with E-state index in [1.54, 1.807) is 0 Å². The quantitative estimate of drug-likeness (QED) is 0.851. The van der Waals surface area contributed by atoms with Gasteiger partial charge in [-0.05, 0) is 88.3 Å². The number of nitrogens with one attached hydrogen (secondary N) is 1. The molecule has 1 aliphatic heterocycles. The average molecular weight is 307 g/mol. The third-order valence-corrected chi connectivity index (χ3v) is 5.33. The van der Waals surface area contributed by atoms with Crippen LogP contribution in [0, 0.1) is 11.8 Å². The molecule has 0 amide bonds. The molecule has 2 nitrogen and oxygen atoms in total. The van der Waals surface area contributed by atoms with E-state index in [-0.39, 0.29) is 0 Å². The lowest BCUT2D eigenvalue weighted by Gasteiger charge is -2.29. The van der Waals surface area contributed by atoms with Crippen molar-refractivity contribution in [3.05, 3.63) is 34.9 Å². The van der Waals surface area contributed by atoms with Gasteiger partial charge in [-0.3, -0.25) is 0 Å². The molecule has 3 rings (SSSR count). The SMILES string of the molecule is CN1CCC(CCNC(c2ccc(Cl)cc2)C2CC2)CC1. The zero-order valence-corrected chi connectivity index (χ0v) is 13.8. The van der Waals surface area contributed by atoms with Crippen LogP contribution in [0.5, 0.6) is 0 Å². The van der Waals surface area contributed by atoms with Gasteiger partial charge in [0, 0.05) is 11.1 Å². The third-order valence-electron chi connectivity index (χ3n) is 5.08. The molecule has 1 aromatic rings. The fraction of sp³-hybridized carbons (Fsp3) is 0.667. The Bertz CT molecular complexity index is 433. The summed E-state index contributed by atoms with van der Waals surface area (Å²) >= 11 is 6.00. The largest absolute Gasteiger partial charge is 0.310 e. The number of piperidine rings is 1. The van der Waals surface area contributed by atoms with E-state index in [0.29, 0.717) is 6.04 Å². The van der Waals surface area contributed by atoms with Gasteiger partial charge in [0.2, 0.25) is 0 Å². The monoisotopic (exact) mass is 306 g/mol. The summed E-state index contributed by atoms with van der Waals surface area (Å²) in [7, 11) is 2.23. The van der Waals surface area contributed by atoms with Crippen LogP contribution in [-0.2, 0) is 0 Å². The van der Waals surface area contributed by atoms with Gasteiger partial charge in [-0.25, -0.2) is 0 Å². The molecular weight excluding hydrogens is 280 g/mol. The summed E-state index contributed by atoms with van der Waals surface area (Å²) in [5.41, 5.74) is 1.41. The van der Waals surface area contributed by atoms with Crippen LogP contribution in [-0.4, -0.2) is 31.6 Å². The minimum absolute atomic E-state index is 0.536. The number of hydrogen-bond acceptors (Lipinski definition) is 2. The summed E-state index contributed by atoms with van der Waals surface area (Å²) in [4.78, 5) is 2.45. The van der Waals surface area contributed by atoms with Crippen molar-refractivity contribution in [1.29, 1.82) is 0 Å². The lowest BCUT2D eigenvalue weighted by atomic mass is 9.93. The van der Waals surface area contributed by atoms with Crippen molar-refractivity contribution >= 4 is 11.6 Å². The first-order valence-corrected chi connectivity index (χ1v) is 8.77. The van der Waals surface area contributed by atoms with Crippen LogP contribution in [0.4, 0.5) is 0 Å². The molecule has 0 aromatic heterocycles. The molecule has 2 aliphatic rings. The van der Waals surface area contributed by atoms with E-state index >= 15 is 0 Å². The summed E-state index contributed by atoms with van der Waals surface area (Å²) < 4.78 is 0. The number of halogens is 1. The zero-order chi connectivity index (χ0) is 14.7. The number of likely N-dealkylation sites (tertiary alicyclic amines) is 1. The van der Waals surface area contributed by atoms with E-state index < -0.39 is 0 Å². The van der Waals surface area contributed by atoms with Gasteiger partial charge >= 0.3 is 0 Å². The van der Waals surface area contributed by atoms with Gasteiger partial charge in [0.25, 0.3) is 0 Å². The maximum atomic E-state index is 6.00. The molecule has 1 unspecified atom stereocenters. The van der Waals surface area contributed by atoms with Gasteiger partial charge in [0.15, 0.2) is 0 Å². The fourth-order valence-corrected chi connectivity index (χ4v) is 3.58. The third kappa shape index (κ3) is 4.45. The molecule has 1 saturated heterocycles. The Balaban J connectivity index is 1.48. The maximum absolute atomic E-state index is 6.00. The number of nitrogens with zero attached hydrogens (tertiary/aromatic N) is 1. The molecule has 0 radical (unpaired) electrons. The second kappa shape index (κ2) is 7.13. The molecule has 116 valence electrons. The van der Waals surface area contributed by atoms with Gasteiger partial charge < -0.3 is 10.2 Å². The Labute approximate surface area is 133 Å². The van der Waals surface area contributed by atoms with Crippen molar-refractivity contribution in [2.45, 2.75) is 38.1 Å². The van der Waals surface area contributed by atoms with Crippen LogP contribution in [0.3, 0.4) is 0 Å². The van der Waals surface area contributed by atoms with E-state index in [4.69, 9.17) is 11.6 Å². The van der Waals surface area contributed by atoms with Crippen molar-refractivity contribution in [2.75, 3.05) is 26.7 Å². The molecule has 21 heavy (non-hydrogen) atoms. The summed E-state index contributed by atoms with van der Waals surface area (Å²) in [6, 6.07) is 8.95. The molecular formula is C18H27ClN2.